The summed E-state index contributed by atoms with van der Waals surface area (Å²) in [7, 11) is 1.64. The SMILES string of the molecule is COc1ccc([C@@H]2C(=O)O[C@H](c3ccccc3)CN2[C@@H](C)c2ccccc2)cc1. The third-order valence-corrected chi connectivity index (χ3v) is 5.57. The largest absolute Gasteiger partial charge is 0.497 e. The molecule has 4 heteroatoms. The lowest BCUT2D eigenvalue weighted by molar-refractivity contribution is -0.170. The molecule has 1 heterocycles. The third-order valence-electron chi connectivity index (χ3n) is 5.57. The van der Waals surface area contributed by atoms with E-state index in [2.05, 4.69) is 24.0 Å². The first-order chi connectivity index (χ1) is 14.2. The van der Waals surface area contributed by atoms with E-state index >= 15 is 0 Å². The Bertz CT molecular complexity index is 941. The summed E-state index contributed by atoms with van der Waals surface area (Å²) < 4.78 is 11.2. The molecule has 0 N–H and O–H groups in total. The topological polar surface area (TPSA) is 38.8 Å². The maximum atomic E-state index is 13.2. The summed E-state index contributed by atoms with van der Waals surface area (Å²) in [5, 5.41) is 0. The Morgan fingerprint density at radius 1 is 0.897 bits per heavy atom. The van der Waals surface area contributed by atoms with Crippen LogP contribution in [0.15, 0.2) is 84.9 Å². The number of nitrogens with zero attached hydrogens (tertiary/aromatic N) is 1. The van der Waals surface area contributed by atoms with Crippen LogP contribution in [0.4, 0.5) is 0 Å². The molecule has 1 saturated heterocycles. The zero-order valence-electron chi connectivity index (χ0n) is 16.7. The summed E-state index contributed by atoms with van der Waals surface area (Å²) in [6.45, 7) is 2.77. The summed E-state index contributed by atoms with van der Waals surface area (Å²) in [6.07, 6.45) is -0.288. The summed E-state index contributed by atoms with van der Waals surface area (Å²) in [6, 6.07) is 27.5. The fraction of sp³-hybridized carbons (Fsp3) is 0.240. The van der Waals surface area contributed by atoms with Gasteiger partial charge in [-0.1, -0.05) is 72.8 Å². The van der Waals surface area contributed by atoms with Crippen LogP contribution >= 0.6 is 0 Å². The van der Waals surface area contributed by atoms with Gasteiger partial charge < -0.3 is 9.47 Å². The van der Waals surface area contributed by atoms with Gasteiger partial charge in [-0.05, 0) is 35.7 Å². The second kappa shape index (κ2) is 8.50. The molecule has 0 aromatic heterocycles. The molecule has 0 unspecified atom stereocenters. The normalized spacial score (nSPS) is 20.7. The van der Waals surface area contributed by atoms with E-state index in [4.69, 9.17) is 9.47 Å². The van der Waals surface area contributed by atoms with E-state index in [-0.39, 0.29) is 18.1 Å². The number of carbonyl (C=O) groups is 1. The quantitative estimate of drug-likeness (QED) is 0.571. The van der Waals surface area contributed by atoms with E-state index in [1.54, 1.807) is 7.11 Å². The maximum Gasteiger partial charge on any atom is 0.328 e. The zero-order chi connectivity index (χ0) is 20.2. The average molecular weight is 387 g/mol. The van der Waals surface area contributed by atoms with Crippen molar-refractivity contribution in [1.29, 1.82) is 0 Å². The number of esters is 1. The summed E-state index contributed by atoms with van der Waals surface area (Å²) in [5.41, 5.74) is 3.09. The van der Waals surface area contributed by atoms with Crippen LogP contribution in [0.25, 0.3) is 0 Å². The van der Waals surface area contributed by atoms with Crippen LogP contribution in [0, 0.1) is 0 Å². The monoisotopic (exact) mass is 387 g/mol. The molecular weight excluding hydrogens is 362 g/mol. The molecule has 0 saturated carbocycles. The van der Waals surface area contributed by atoms with Crippen molar-refractivity contribution < 1.29 is 14.3 Å². The Labute approximate surface area is 171 Å². The lowest BCUT2D eigenvalue weighted by atomic mass is 9.96. The highest BCUT2D eigenvalue weighted by Crippen LogP contribution is 2.39. The molecular formula is C25H25NO3. The molecule has 4 nitrogen and oxygen atoms in total. The number of morpholine rings is 1. The van der Waals surface area contributed by atoms with Crippen LogP contribution in [0.3, 0.4) is 0 Å². The second-order valence-corrected chi connectivity index (χ2v) is 7.30. The summed E-state index contributed by atoms with van der Waals surface area (Å²) >= 11 is 0. The number of rotatable bonds is 5. The Morgan fingerprint density at radius 2 is 1.52 bits per heavy atom. The van der Waals surface area contributed by atoms with E-state index in [1.807, 2.05) is 72.8 Å². The van der Waals surface area contributed by atoms with E-state index in [0.29, 0.717) is 6.54 Å². The number of ether oxygens (including phenoxy) is 2. The number of benzene rings is 3. The van der Waals surface area contributed by atoms with E-state index < -0.39 is 6.04 Å². The highest BCUT2D eigenvalue weighted by molar-refractivity contribution is 5.79. The van der Waals surface area contributed by atoms with Crippen LogP contribution in [0.2, 0.25) is 0 Å². The van der Waals surface area contributed by atoms with Gasteiger partial charge in [0.15, 0.2) is 0 Å². The van der Waals surface area contributed by atoms with Gasteiger partial charge in [0.1, 0.15) is 17.9 Å². The molecule has 0 amide bonds. The van der Waals surface area contributed by atoms with Gasteiger partial charge in [0.05, 0.1) is 7.11 Å². The van der Waals surface area contributed by atoms with Gasteiger partial charge in [0.25, 0.3) is 0 Å². The van der Waals surface area contributed by atoms with Crippen molar-refractivity contribution in [2.45, 2.75) is 25.1 Å². The molecule has 0 bridgehead atoms. The van der Waals surface area contributed by atoms with E-state index in [0.717, 1.165) is 16.9 Å². The number of hydrogen-bond acceptors (Lipinski definition) is 4. The van der Waals surface area contributed by atoms with Crippen LogP contribution in [0.5, 0.6) is 5.75 Å². The molecule has 0 radical (unpaired) electrons. The highest BCUT2D eigenvalue weighted by Gasteiger charge is 2.40. The lowest BCUT2D eigenvalue weighted by Crippen LogP contribution is -2.45. The van der Waals surface area contributed by atoms with Gasteiger partial charge in [-0.2, -0.15) is 0 Å². The van der Waals surface area contributed by atoms with Crippen LogP contribution < -0.4 is 4.74 Å². The van der Waals surface area contributed by atoms with Crippen LogP contribution in [-0.4, -0.2) is 24.5 Å². The van der Waals surface area contributed by atoms with Crippen molar-refractivity contribution >= 4 is 5.97 Å². The molecule has 1 fully saturated rings. The smallest absolute Gasteiger partial charge is 0.328 e. The predicted octanol–water partition coefficient (Wildman–Crippen LogP) is 5.10. The van der Waals surface area contributed by atoms with Gasteiger partial charge in [0.2, 0.25) is 0 Å². The first kappa shape index (κ1) is 19.2. The Balaban J connectivity index is 1.70. The summed E-state index contributed by atoms with van der Waals surface area (Å²) in [5.74, 6) is 0.542. The van der Waals surface area contributed by atoms with Gasteiger partial charge >= 0.3 is 5.97 Å². The van der Waals surface area contributed by atoms with Crippen LogP contribution in [-0.2, 0) is 9.53 Å². The Morgan fingerprint density at radius 3 is 2.14 bits per heavy atom. The van der Waals surface area contributed by atoms with Crippen molar-refractivity contribution in [1.82, 2.24) is 4.90 Å². The zero-order valence-corrected chi connectivity index (χ0v) is 16.7. The second-order valence-electron chi connectivity index (χ2n) is 7.30. The molecule has 29 heavy (non-hydrogen) atoms. The minimum absolute atomic E-state index is 0.0577. The van der Waals surface area contributed by atoms with Crippen molar-refractivity contribution in [2.75, 3.05) is 13.7 Å². The first-order valence-corrected chi connectivity index (χ1v) is 9.87. The molecule has 0 aliphatic carbocycles. The molecule has 3 aromatic rings. The molecule has 148 valence electrons. The van der Waals surface area contributed by atoms with Gasteiger partial charge in [-0.15, -0.1) is 0 Å². The Kier molecular flexibility index (Phi) is 5.63. The molecule has 3 aromatic carbocycles. The van der Waals surface area contributed by atoms with Gasteiger partial charge in [-0.25, -0.2) is 4.79 Å². The predicted molar refractivity (Wildman–Crippen MR) is 113 cm³/mol. The lowest BCUT2D eigenvalue weighted by Gasteiger charge is -2.42. The minimum atomic E-state index is -0.462. The van der Waals surface area contributed by atoms with Crippen molar-refractivity contribution in [3.05, 3.63) is 102 Å². The number of hydrogen-bond donors (Lipinski definition) is 0. The number of methoxy groups -OCH3 is 1. The van der Waals surface area contributed by atoms with Crippen molar-refractivity contribution in [2.24, 2.45) is 0 Å². The highest BCUT2D eigenvalue weighted by atomic mass is 16.5. The minimum Gasteiger partial charge on any atom is -0.497 e. The third kappa shape index (κ3) is 4.03. The molecule has 1 aliphatic rings. The first-order valence-electron chi connectivity index (χ1n) is 9.87. The van der Waals surface area contributed by atoms with Gasteiger partial charge in [-0.3, -0.25) is 4.90 Å². The standard InChI is InChI=1S/C25H25NO3/c1-18(19-9-5-3-6-10-19)26-17-23(20-11-7-4-8-12-20)29-25(27)24(26)21-13-15-22(28-2)16-14-21/h3-16,18,23-24H,17H2,1-2H3/t18-,23-,24+/m0/s1. The molecule has 1 aliphatic heterocycles. The van der Waals surface area contributed by atoms with Gasteiger partial charge in [0, 0.05) is 12.6 Å². The van der Waals surface area contributed by atoms with E-state index in [9.17, 15) is 4.79 Å². The maximum absolute atomic E-state index is 13.2. The van der Waals surface area contributed by atoms with E-state index in [1.165, 1.54) is 5.56 Å². The molecule has 4 rings (SSSR count). The molecule has 3 atom stereocenters. The summed E-state index contributed by atoms with van der Waals surface area (Å²) in [4.78, 5) is 15.4. The van der Waals surface area contributed by atoms with Crippen molar-refractivity contribution in [3.8, 4) is 5.75 Å². The number of carbonyl (C=O) groups excluding carboxylic acids is 1. The fourth-order valence-corrected chi connectivity index (χ4v) is 3.93. The Hall–Kier alpha value is -3.11. The molecule has 0 spiro atoms. The van der Waals surface area contributed by atoms with Crippen LogP contribution in [0.1, 0.15) is 41.8 Å². The number of cyclic esters (lactones) is 1. The fourth-order valence-electron chi connectivity index (χ4n) is 3.93. The average Bonchev–Trinajstić information content (AvgIpc) is 2.79. The van der Waals surface area contributed by atoms with Crippen molar-refractivity contribution in [3.63, 3.8) is 0 Å².